The van der Waals surface area contributed by atoms with Crippen LogP contribution in [0.1, 0.15) is 18.9 Å². The Morgan fingerprint density at radius 1 is 1.38 bits per heavy atom. The molecule has 8 heteroatoms. The molecule has 114 valence electrons. The van der Waals surface area contributed by atoms with Gasteiger partial charge in [0, 0.05) is 18.7 Å². The minimum atomic E-state index is -1.13. The Balaban J connectivity index is 0.00000220. The van der Waals surface area contributed by atoms with Gasteiger partial charge in [-0.2, -0.15) is 0 Å². The van der Waals surface area contributed by atoms with Gasteiger partial charge in [0.05, 0.1) is 0 Å². The number of nitrogens with two attached hydrogens (primary N) is 1. The molecule has 1 aliphatic heterocycles. The average molecular weight is 313 g/mol. The lowest BCUT2D eigenvalue weighted by molar-refractivity contribution is -0.123. The number of hydrogen-bond donors (Lipinski definition) is 4. The van der Waals surface area contributed by atoms with Crippen molar-refractivity contribution in [2.45, 2.75) is 18.9 Å². The van der Waals surface area contributed by atoms with Crippen molar-refractivity contribution in [1.82, 2.24) is 10.6 Å². The fourth-order valence-corrected chi connectivity index (χ4v) is 2.01. The molecule has 0 bridgehead atoms. The predicted molar refractivity (Wildman–Crippen MR) is 80.0 cm³/mol. The van der Waals surface area contributed by atoms with Crippen LogP contribution in [-0.2, 0) is 15.1 Å². The number of hydrogen-bond acceptors (Lipinski definition) is 4. The number of rotatable bonds is 4. The third-order valence-electron chi connectivity index (χ3n) is 3.14. The van der Waals surface area contributed by atoms with Gasteiger partial charge in [-0.25, -0.2) is 4.79 Å². The summed E-state index contributed by atoms with van der Waals surface area (Å²) in [5, 5.41) is 7.45. The molecule has 1 atom stereocenters. The first-order valence-corrected chi connectivity index (χ1v) is 6.20. The molecule has 1 saturated heterocycles. The van der Waals surface area contributed by atoms with Gasteiger partial charge in [0.25, 0.3) is 5.91 Å². The van der Waals surface area contributed by atoms with Gasteiger partial charge in [-0.15, -0.1) is 12.4 Å². The van der Waals surface area contributed by atoms with E-state index in [2.05, 4.69) is 16.0 Å². The number of urea groups is 1. The van der Waals surface area contributed by atoms with E-state index in [0.717, 1.165) is 0 Å². The first kappa shape index (κ1) is 16.9. The summed E-state index contributed by atoms with van der Waals surface area (Å²) in [6.45, 7) is 1.87. The standard InChI is InChI=1S/C13H16N4O3.ClH/c1-13(11(19)16-12(20)17-13)8-3-2-4-9(7-8)15-10(18)5-6-14;/h2-4,7H,5-6,14H2,1H3,(H,15,18)(H2,16,17,19,20);1H. The highest BCUT2D eigenvalue weighted by Gasteiger charge is 2.43. The number of amides is 4. The fraction of sp³-hybridized carbons (Fsp3) is 0.308. The van der Waals surface area contributed by atoms with Crippen LogP contribution in [0.5, 0.6) is 0 Å². The highest BCUT2D eigenvalue weighted by Crippen LogP contribution is 2.26. The second-order valence-corrected chi connectivity index (χ2v) is 4.70. The van der Waals surface area contributed by atoms with Crippen molar-refractivity contribution in [3.8, 4) is 0 Å². The van der Waals surface area contributed by atoms with E-state index in [4.69, 9.17) is 5.73 Å². The first-order valence-electron chi connectivity index (χ1n) is 6.20. The normalized spacial score (nSPS) is 20.3. The van der Waals surface area contributed by atoms with E-state index in [1.807, 2.05) is 0 Å². The van der Waals surface area contributed by atoms with Crippen molar-refractivity contribution in [1.29, 1.82) is 0 Å². The summed E-state index contributed by atoms with van der Waals surface area (Å²) in [6, 6.07) is 6.24. The SMILES string of the molecule is CC1(c2cccc(NC(=O)CCN)c2)NC(=O)NC1=O.Cl. The van der Waals surface area contributed by atoms with Gasteiger partial charge in [0.15, 0.2) is 0 Å². The third kappa shape index (κ3) is 3.50. The van der Waals surface area contributed by atoms with Gasteiger partial charge >= 0.3 is 6.03 Å². The van der Waals surface area contributed by atoms with Crippen molar-refractivity contribution in [3.05, 3.63) is 29.8 Å². The molecule has 4 amide bonds. The Labute approximate surface area is 128 Å². The number of carbonyl (C=O) groups excluding carboxylic acids is 3. The second kappa shape index (κ2) is 6.55. The summed E-state index contributed by atoms with van der Waals surface area (Å²) < 4.78 is 0. The summed E-state index contributed by atoms with van der Waals surface area (Å²) in [5.74, 6) is -0.623. The van der Waals surface area contributed by atoms with E-state index in [1.54, 1.807) is 31.2 Å². The maximum absolute atomic E-state index is 11.8. The summed E-state index contributed by atoms with van der Waals surface area (Å²) in [5.41, 5.74) is 5.31. The molecule has 0 aliphatic carbocycles. The molecule has 1 aliphatic rings. The molecule has 21 heavy (non-hydrogen) atoms. The highest BCUT2D eigenvalue weighted by molar-refractivity contribution is 6.07. The molecule has 0 aromatic heterocycles. The van der Waals surface area contributed by atoms with Crippen molar-refractivity contribution in [3.63, 3.8) is 0 Å². The average Bonchev–Trinajstić information content (AvgIpc) is 2.64. The molecule has 2 rings (SSSR count). The molecular formula is C13H17ClN4O3. The summed E-state index contributed by atoms with van der Waals surface area (Å²) in [6.07, 6.45) is 0.221. The zero-order valence-electron chi connectivity index (χ0n) is 11.4. The Kier molecular flexibility index (Phi) is 5.28. The maximum Gasteiger partial charge on any atom is 0.322 e. The van der Waals surface area contributed by atoms with E-state index >= 15 is 0 Å². The molecule has 7 nitrogen and oxygen atoms in total. The van der Waals surface area contributed by atoms with Crippen LogP contribution in [0, 0.1) is 0 Å². The van der Waals surface area contributed by atoms with E-state index in [9.17, 15) is 14.4 Å². The number of halogens is 1. The third-order valence-corrected chi connectivity index (χ3v) is 3.14. The maximum atomic E-state index is 11.8. The van der Waals surface area contributed by atoms with Crippen LogP contribution in [0.15, 0.2) is 24.3 Å². The molecule has 1 aromatic rings. The first-order chi connectivity index (χ1) is 9.45. The second-order valence-electron chi connectivity index (χ2n) is 4.70. The van der Waals surface area contributed by atoms with Crippen LogP contribution in [0.25, 0.3) is 0 Å². The van der Waals surface area contributed by atoms with Gasteiger partial charge in [0.2, 0.25) is 5.91 Å². The molecule has 5 N–H and O–H groups in total. The highest BCUT2D eigenvalue weighted by atomic mass is 35.5. The Bertz CT molecular complexity index is 578. The number of imide groups is 1. The summed E-state index contributed by atoms with van der Waals surface area (Å²) in [4.78, 5) is 34.6. The van der Waals surface area contributed by atoms with Crippen LogP contribution < -0.4 is 21.7 Å². The zero-order chi connectivity index (χ0) is 14.8. The molecule has 0 spiro atoms. The summed E-state index contributed by atoms with van der Waals surface area (Å²) in [7, 11) is 0. The number of benzene rings is 1. The Morgan fingerprint density at radius 2 is 2.10 bits per heavy atom. The van der Waals surface area contributed by atoms with Crippen molar-refractivity contribution < 1.29 is 14.4 Å². The van der Waals surface area contributed by atoms with E-state index < -0.39 is 17.5 Å². The van der Waals surface area contributed by atoms with Crippen LogP contribution in [-0.4, -0.2) is 24.4 Å². The van der Waals surface area contributed by atoms with Gasteiger partial charge in [0.1, 0.15) is 5.54 Å². The topological polar surface area (TPSA) is 113 Å². The molecule has 0 saturated carbocycles. The van der Waals surface area contributed by atoms with Crippen LogP contribution in [0.2, 0.25) is 0 Å². The minimum Gasteiger partial charge on any atom is -0.330 e. The number of anilines is 1. The van der Waals surface area contributed by atoms with Crippen molar-refractivity contribution in [2.75, 3.05) is 11.9 Å². The van der Waals surface area contributed by atoms with Crippen LogP contribution in [0.4, 0.5) is 10.5 Å². The van der Waals surface area contributed by atoms with Gasteiger partial charge in [-0.05, 0) is 24.6 Å². The smallest absolute Gasteiger partial charge is 0.322 e. The number of carbonyl (C=O) groups is 3. The van der Waals surface area contributed by atoms with Gasteiger partial charge < -0.3 is 16.4 Å². The summed E-state index contributed by atoms with van der Waals surface area (Å²) >= 11 is 0. The van der Waals surface area contributed by atoms with Gasteiger partial charge in [-0.1, -0.05) is 12.1 Å². The molecule has 1 unspecified atom stereocenters. The van der Waals surface area contributed by atoms with Crippen LogP contribution >= 0.6 is 12.4 Å². The zero-order valence-corrected chi connectivity index (χ0v) is 12.3. The molecule has 1 aromatic carbocycles. The van der Waals surface area contributed by atoms with E-state index in [-0.39, 0.29) is 31.3 Å². The lowest BCUT2D eigenvalue weighted by Crippen LogP contribution is -2.40. The minimum absolute atomic E-state index is 0. The largest absolute Gasteiger partial charge is 0.330 e. The van der Waals surface area contributed by atoms with Gasteiger partial charge in [-0.3, -0.25) is 14.9 Å². The molecule has 1 fully saturated rings. The van der Waals surface area contributed by atoms with E-state index in [1.165, 1.54) is 0 Å². The van der Waals surface area contributed by atoms with Crippen molar-refractivity contribution >= 4 is 35.9 Å². The fourth-order valence-electron chi connectivity index (χ4n) is 2.01. The molecule has 1 heterocycles. The Morgan fingerprint density at radius 3 is 2.67 bits per heavy atom. The lowest BCUT2D eigenvalue weighted by atomic mass is 9.92. The molecule has 0 radical (unpaired) electrons. The van der Waals surface area contributed by atoms with Crippen molar-refractivity contribution in [2.24, 2.45) is 5.73 Å². The van der Waals surface area contributed by atoms with E-state index in [0.29, 0.717) is 11.3 Å². The quantitative estimate of drug-likeness (QED) is 0.604. The lowest BCUT2D eigenvalue weighted by Gasteiger charge is -2.21. The molecular weight excluding hydrogens is 296 g/mol. The predicted octanol–water partition coefficient (Wildman–Crippen LogP) is 0.450. The Hall–Kier alpha value is -2.12. The van der Waals surface area contributed by atoms with Crippen LogP contribution in [0.3, 0.4) is 0 Å². The monoisotopic (exact) mass is 312 g/mol. The number of nitrogens with one attached hydrogen (secondary N) is 3.